The van der Waals surface area contributed by atoms with Gasteiger partial charge < -0.3 is 14.7 Å². The van der Waals surface area contributed by atoms with Gasteiger partial charge in [0.05, 0.1) is 12.1 Å². The number of allylic oxidation sites excluding steroid dienone is 1. The Kier molecular flexibility index (Phi) is 5.70. The number of aromatic carboxylic acids is 1. The lowest BCUT2D eigenvalue weighted by Gasteiger charge is -2.12. The second-order valence-electron chi connectivity index (χ2n) is 8.24. The third kappa shape index (κ3) is 3.90. The van der Waals surface area contributed by atoms with E-state index >= 15 is 0 Å². The summed E-state index contributed by atoms with van der Waals surface area (Å²) < 4.78 is 1.69. The van der Waals surface area contributed by atoms with E-state index in [2.05, 4.69) is 15.0 Å². The van der Waals surface area contributed by atoms with Crippen LogP contribution in [0.15, 0.2) is 65.7 Å². The molecule has 0 aliphatic heterocycles. The first-order valence-corrected chi connectivity index (χ1v) is 11.4. The first-order valence-electron chi connectivity index (χ1n) is 11.0. The monoisotopic (exact) mass is 484 g/mol. The van der Waals surface area contributed by atoms with Crippen LogP contribution in [0.5, 0.6) is 0 Å². The van der Waals surface area contributed by atoms with Crippen molar-refractivity contribution < 1.29 is 9.90 Å². The molecule has 0 radical (unpaired) electrons. The van der Waals surface area contributed by atoms with Crippen molar-refractivity contribution >= 4 is 45.6 Å². The Balaban J connectivity index is 1.86. The predicted molar refractivity (Wildman–Crippen MR) is 138 cm³/mol. The summed E-state index contributed by atoms with van der Waals surface area (Å²) in [5, 5.41) is 12.1. The number of carboxylic acid groups (broad SMARTS) is 1. The smallest absolute Gasteiger partial charge is 0.353 e. The molecule has 0 aliphatic carbocycles. The molecule has 0 saturated carbocycles. The Morgan fingerprint density at radius 2 is 2.06 bits per heavy atom. The zero-order valence-electron chi connectivity index (χ0n) is 19.0. The number of benzene rings is 1. The van der Waals surface area contributed by atoms with Crippen LogP contribution >= 0.6 is 11.6 Å². The lowest BCUT2D eigenvalue weighted by Crippen LogP contribution is -2.14. The summed E-state index contributed by atoms with van der Waals surface area (Å²) >= 11 is 6.51. The molecule has 0 spiro atoms. The van der Waals surface area contributed by atoms with Gasteiger partial charge in [0.15, 0.2) is 5.65 Å². The van der Waals surface area contributed by atoms with Gasteiger partial charge in [0, 0.05) is 39.9 Å². The molecule has 174 valence electrons. The van der Waals surface area contributed by atoms with Crippen LogP contribution in [0.3, 0.4) is 0 Å². The number of halogens is 1. The Morgan fingerprint density at radius 1 is 1.23 bits per heavy atom. The number of pyridine rings is 3. The Morgan fingerprint density at radius 3 is 2.80 bits per heavy atom. The van der Waals surface area contributed by atoms with Crippen molar-refractivity contribution in [3.63, 3.8) is 0 Å². The first-order chi connectivity index (χ1) is 16.9. The zero-order valence-corrected chi connectivity index (χ0v) is 19.8. The van der Waals surface area contributed by atoms with Gasteiger partial charge in [-0.3, -0.25) is 4.79 Å². The van der Waals surface area contributed by atoms with E-state index in [1.165, 1.54) is 6.20 Å². The summed E-state index contributed by atoms with van der Waals surface area (Å²) in [6.45, 7) is 4.04. The summed E-state index contributed by atoms with van der Waals surface area (Å²) in [4.78, 5) is 36.7. The summed E-state index contributed by atoms with van der Waals surface area (Å²) in [6.07, 6.45) is 7.06. The number of aromatic amines is 1. The van der Waals surface area contributed by atoms with E-state index in [9.17, 15) is 14.7 Å². The summed E-state index contributed by atoms with van der Waals surface area (Å²) in [5.41, 5.74) is 4.08. The largest absolute Gasteiger partial charge is 0.477 e. The lowest BCUT2D eigenvalue weighted by molar-refractivity contribution is 0.0687. The van der Waals surface area contributed by atoms with E-state index in [-0.39, 0.29) is 23.0 Å². The summed E-state index contributed by atoms with van der Waals surface area (Å²) in [5.74, 6) is -1.14. The third-order valence-electron chi connectivity index (χ3n) is 6.03. The molecule has 35 heavy (non-hydrogen) atoms. The minimum absolute atomic E-state index is 0.0103. The molecule has 0 bridgehead atoms. The fraction of sp³-hybridized carbons (Fsp3) is 0.111. The fourth-order valence-corrected chi connectivity index (χ4v) is 4.66. The van der Waals surface area contributed by atoms with Crippen LogP contribution in [-0.4, -0.2) is 30.6 Å². The number of carboxylic acids is 1. The number of aromatic nitrogens is 4. The zero-order chi connectivity index (χ0) is 24.7. The average molecular weight is 485 g/mol. The van der Waals surface area contributed by atoms with E-state index < -0.39 is 5.97 Å². The number of hydrogen-bond donors (Lipinski definition) is 2. The normalized spacial score (nSPS) is 11.6. The molecular formula is C27H21ClN4O3. The van der Waals surface area contributed by atoms with Crippen molar-refractivity contribution in [3.8, 4) is 11.1 Å². The van der Waals surface area contributed by atoms with Crippen molar-refractivity contribution in [1.29, 1.82) is 0 Å². The number of nitrogens with one attached hydrogen (secondary N) is 1. The van der Waals surface area contributed by atoms with Crippen LogP contribution in [0.1, 0.15) is 34.1 Å². The second-order valence-corrected chi connectivity index (χ2v) is 8.60. The highest BCUT2D eigenvalue weighted by atomic mass is 35.5. The van der Waals surface area contributed by atoms with Crippen molar-refractivity contribution in [2.45, 2.75) is 20.4 Å². The van der Waals surface area contributed by atoms with Gasteiger partial charge in [-0.1, -0.05) is 23.8 Å². The maximum absolute atomic E-state index is 12.8. The highest BCUT2D eigenvalue weighted by Gasteiger charge is 2.26. The van der Waals surface area contributed by atoms with E-state index in [1.807, 2.05) is 50.3 Å². The van der Waals surface area contributed by atoms with Gasteiger partial charge in [-0.2, -0.15) is 0 Å². The van der Waals surface area contributed by atoms with Gasteiger partial charge in [-0.25, -0.2) is 14.8 Å². The molecule has 0 saturated heterocycles. The van der Waals surface area contributed by atoms with Crippen molar-refractivity contribution in [2.75, 3.05) is 0 Å². The molecule has 2 N–H and O–H groups in total. The maximum Gasteiger partial charge on any atom is 0.353 e. The number of rotatable bonds is 5. The van der Waals surface area contributed by atoms with Crippen LogP contribution < -0.4 is 5.56 Å². The number of H-pyrrole nitrogens is 1. The minimum Gasteiger partial charge on any atom is -0.477 e. The number of carbonyl (C=O) groups is 1. The van der Waals surface area contributed by atoms with Crippen molar-refractivity contribution in [1.82, 2.24) is 19.5 Å². The third-order valence-corrected chi connectivity index (χ3v) is 6.36. The standard InChI is InChI=1S/C27H21ClN4O3/c1-3-6-16-13-21-20(11-15(16)2)22(19-8-5-10-30-26(19)33)23(27(34)35)32(21)14-18-12-17-7-4-9-29-25(17)31-24(18)28/h3-13H,14H2,1-2H3,(H,30,33)(H,34,35)/b6-3+. The van der Waals surface area contributed by atoms with Gasteiger partial charge in [0.1, 0.15) is 10.8 Å². The Bertz CT molecular complexity index is 1720. The van der Waals surface area contributed by atoms with Gasteiger partial charge in [-0.15, -0.1) is 0 Å². The highest BCUT2D eigenvalue weighted by molar-refractivity contribution is 6.30. The highest BCUT2D eigenvalue weighted by Crippen LogP contribution is 2.37. The van der Waals surface area contributed by atoms with E-state index in [1.54, 1.807) is 29.0 Å². The Labute approximate surface area is 205 Å². The van der Waals surface area contributed by atoms with Crippen LogP contribution in [0.25, 0.3) is 39.1 Å². The number of fused-ring (bicyclic) bond motifs is 2. The molecule has 0 unspecified atom stereocenters. The molecule has 5 rings (SSSR count). The molecule has 0 aliphatic rings. The Hall–Kier alpha value is -4.23. The van der Waals surface area contributed by atoms with Gasteiger partial charge in [0.25, 0.3) is 5.56 Å². The molecule has 7 nitrogen and oxygen atoms in total. The van der Waals surface area contributed by atoms with Crippen LogP contribution in [-0.2, 0) is 6.54 Å². The molecule has 0 atom stereocenters. The molecule has 1 aromatic carbocycles. The van der Waals surface area contributed by atoms with E-state index in [0.717, 1.165) is 16.5 Å². The van der Waals surface area contributed by atoms with Gasteiger partial charge >= 0.3 is 5.97 Å². The SMILES string of the molecule is C/C=C/c1cc2c(cc1C)c(-c1ccc[nH]c1=O)c(C(=O)O)n2Cc1cc2cccnc2nc1Cl. The summed E-state index contributed by atoms with van der Waals surface area (Å²) in [7, 11) is 0. The molecular weight excluding hydrogens is 464 g/mol. The van der Waals surface area contributed by atoms with Crippen molar-refractivity contribution in [3.05, 3.63) is 98.8 Å². The number of aryl methyl sites for hydroxylation is 1. The van der Waals surface area contributed by atoms with E-state index in [4.69, 9.17) is 11.6 Å². The molecule has 4 aromatic heterocycles. The quantitative estimate of drug-likeness (QED) is 0.312. The fourth-order valence-electron chi connectivity index (χ4n) is 4.46. The van der Waals surface area contributed by atoms with Gasteiger partial charge in [-0.05, 0) is 67.4 Å². The predicted octanol–water partition coefficient (Wildman–Crippen LogP) is 5.68. The molecule has 0 fully saturated rings. The maximum atomic E-state index is 12.8. The number of hydrogen-bond acceptors (Lipinski definition) is 4. The van der Waals surface area contributed by atoms with E-state index in [0.29, 0.717) is 33.2 Å². The van der Waals surface area contributed by atoms with Crippen LogP contribution in [0.2, 0.25) is 5.15 Å². The molecule has 4 heterocycles. The molecule has 8 heteroatoms. The molecule has 0 amide bonds. The van der Waals surface area contributed by atoms with Crippen LogP contribution in [0.4, 0.5) is 0 Å². The summed E-state index contributed by atoms with van der Waals surface area (Å²) in [6, 6.07) is 12.7. The first kappa shape index (κ1) is 22.6. The van der Waals surface area contributed by atoms with Crippen molar-refractivity contribution in [2.24, 2.45) is 0 Å². The van der Waals surface area contributed by atoms with Crippen LogP contribution in [0, 0.1) is 6.92 Å². The average Bonchev–Trinajstić information content (AvgIpc) is 3.13. The second kappa shape index (κ2) is 8.85. The topological polar surface area (TPSA) is 101 Å². The number of nitrogens with zero attached hydrogens (tertiary/aromatic N) is 3. The lowest BCUT2D eigenvalue weighted by atomic mass is 9.99. The molecule has 5 aromatic rings. The minimum atomic E-state index is -1.14. The van der Waals surface area contributed by atoms with Gasteiger partial charge in [0.2, 0.25) is 0 Å².